The number of carbonyl (C=O) groups excluding carboxylic acids is 1. The lowest BCUT2D eigenvalue weighted by Crippen LogP contribution is -2.45. The number of aliphatic carboxylic acids is 1. The van der Waals surface area contributed by atoms with Crippen molar-refractivity contribution in [3.05, 3.63) is 0 Å². The van der Waals surface area contributed by atoms with Crippen LogP contribution in [-0.2, 0) is 4.79 Å². The predicted molar refractivity (Wildman–Crippen MR) is 51.6 cm³/mol. The van der Waals surface area contributed by atoms with Gasteiger partial charge >= 0.3 is 0 Å². The van der Waals surface area contributed by atoms with Crippen LogP contribution in [0.2, 0.25) is 23.7 Å². The van der Waals surface area contributed by atoms with E-state index in [0.29, 0.717) is 0 Å². The van der Waals surface area contributed by atoms with Crippen LogP contribution in [0.5, 0.6) is 0 Å². The van der Waals surface area contributed by atoms with Crippen molar-refractivity contribution in [3.63, 3.8) is 0 Å². The first-order valence-corrected chi connectivity index (χ1v) is 7.44. The van der Waals surface area contributed by atoms with Crippen LogP contribution in [0.15, 0.2) is 0 Å². The first kappa shape index (κ1) is 11.7. The Kier molecular flexibility index (Phi) is 4.53. The van der Waals surface area contributed by atoms with Gasteiger partial charge in [0.25, 0.3) is 0 Å². The molecule has 1 unspecified atom stereocenters. The molecule has 0 fully saturated rings. The molecule has 0 saturated heterocycles. The van der Waals surface area contributed by atoms with E-state index < -0.39 is 14.0 Å². The Morgan fingerprint density at radius 3 is 1.67 bits per heavy atom. The quantitative estimate of drug-likeness (QED) is 0.614. The van der Waals surface area contributed by atoms with E-state index in [1.165, 1.54) is 0 Å². The highest BCUT2D eigenvalue weighted by molar-refractivity contribution is 6.83. The number of rotatable bonds is 5. The van der Waals surface area contributed by atoms with Gasteiger partial charge in [0.2, 0.25) is 0 Å². The lowest BCUT2D eigenvalue weighted by atomic mass is 10.5. The molecule has 0 bridgehead atoms. The van der Waals surface area contributed by atoms with E-state index in [1.807, 2.05) is 6.92 Å². The molecule has 0 aliphatic rings. The SMILES string of the molecule is CC[Si](CC)(CC)C(C)C(=O)[O-]. The minimum Gasteiger partial charge on any atom is -0.550 e. The van der Waals surface area contributed by atoms with E-state index in [1.54, 1.807) is 0 Å². The van der Waals surface area contributed by atoms with Crippen molar-refractivity contribution >= 4 is 14.0 Å². The minimum atomic E-state index is -1.55. The summed E-state index contributed by atoms with van der Waals surface area (Å²) < 4.78 is 0. The third-order valence-corrected chi connectivity index (χ3v) is 9.68. The van der Waals surface area contributed by atoms with Crippen LogP contribution in [0.3, 0.4) is 0 Å². The molecule has 12 heavy (non-hydrogen) atoms. The van der Waals surface area contributed by atoms with Crippen molar-refractivity contribution in [1.82, 2.24) is 0 Å². The molecule has 0 aliphatic carbocycles. The van der Waals surface area contributed by atoms with Gasteiger partial charge in [-0.25, -0.2) is 0 Å². The van der Waals surface area contributed by atoms with Crippen LogP contribution >= 0.6 is 0 Å². The molecule has 3 heteroatoms. The second kappa shape index (κ2) is 4.65. The Morgan fingerprint density at radius 2 is 1.58 bits per heavy atom. The van der Waals surface area contributed by atoms with Gasteiger partial charge < -0.3 is 9.90 Å². The second-order valence-electron chi connectivity index (χ2n) is 3.46. The Labute approximate surface area is 76.0 Å². The first-order valence-electron chi connectivity index (χ1n) is 4.74. The molecule has 0 aromatic rings. The average Bonchev–Trinajstić information content (AvgIpc) is 2.08. The standard InChI is InChI=1S/C9H20O2Si/c1-5-12(6-2,7-3)8(4)9(10)11/h8H,5-7H2,1-4H3,(H,10,11)/p-1. The van der Waals surface area contributed by atoms with Gasteiger partial charge in [-0.1, -0.05) is 45.8 Å². The molecule has 0 spiro atoms. The topological polar surface area (TPSA) is 40.1 Å². The highest BCUT2D eigenvalue weighted by atomic mass is 28.3. The predicted octanol–water partition coefficient (Wildman–Crippen LogP) is 1.63. The molecule has 0 saturated carbocycles. The van der Waals surface area contributed by atoms with Crippen LogP contribution in [0.4, 0.5) is 0 Å². The molecule has 0 radical (unpaired) electrons. The van der Waals surface area contributed by atoms with Crippen LogP contribution in [0, 0.1) is 0 Å². The van der Waals surface area contributed by atoms with Gasteiger partial charge in [0.05, 0.1) is 8.07 Å². The Morgan fingerprint density at radius 1 is 1.25 bits per heavy atom. The van der Waals surface area contributed by atoms with Crippen molar-refractivity contribution in [3.8, 4) is 0 Å². The average molecular weight is 187 g/mol. The maximum Gasteiger partial charge on any atom is 0.0616 e. The Balaban J connectivity index is 4.58. The summed E-state index contributed by atoms with van der Waals surface area (Å²) in [4.78, 5) is 10.7. The summed E-state index contributed by atoms with van der Waals surface area (Å²) >= 11 is 0. The number of carboxylic acid groups (broad SMARTS) is 1. The molecule has 0 aliphatic heterocycles. The van der Waals surface area contributed by atoms with Gasteiger partial charge in [-0.15, -0.1) is 0 Å². The summed E-state index contributed by atoms with van der Waals surface area (Å²) in [5, 5.41) is 10.7. The highest BCUT2D eigenvalue weighted by Crippen LogP contribution is 2.32. The molecule has 0 N–H and O–H groups in total. The number of carboxylic acids is 1. The molecular formula is C9H19O2Si-. The summed E-state index contributed by atoms with van der Waals surface area (Å²) in [6, 6.07) is 3.15. The summed E-state index contributed by atoms with van der Waals surface area (Å²) in [5.74, 6) is -0.854. The Hall–Kier alpha value is -0.313. The van der Waals surface area contributed by atoms with Crippen molar-refractivity contribution in [2.75, 3.05) is 0 Å². The van der Waals surface area contributed by atoms with Crippen LogP contribution in [-0.4, -0.2) is 14.0 Å². The van der Waals surface area contributed by atoms with E-state index >= 15 is 0 Å². The molecule has 0 amide bonds. The van der Waals surface area contributed by atoms with E-state index in [2.05, 4.69) is 20.8 Å². The normalized spacial score (nSPS) is 14.3. The van der Waals surface area contributed by atoms with Gasteiger partial charge in [-0.2, -0.15) is 0 Å². The number of hydrogen-bond acceptors (Lipinski definition) is 2. The van der Waals surface area contributed by atoms with E-state index in [4.69, 9.17) is 0 Å². The molecule has 0 heterocycles. The third-order valence-electron chi connectivity index (χ3n) is 3.38. The number of hydrogen-bond donors (Lipinski definition) is 0. The molecule has 0 rings (SSSR count). The molecule has 0 aromatic carbocycles. The molecule has 0 aromatic heterocycles. The summed E-state index contributed by atoms with van der Waals surface area (Å²) in [5.41, 5.74) is -0.197. The Bertz CT molecular complexity index is 144. The zero-order valence-electron chi connectivity index (χ0n) is 8.52. The smallest absolute Gasteiger partial charge is 0.0616 e. The lowest BCUT2D eigenvalue weighted by Gasteiger charge is -2.35. The van der Waals surface area contributed by atoms with Crippen LogP contribution in [0.25, 0.3) is 0 Å². The minimum absolute atomic E-state index is 0.197. The van der Waals surface area contributed by atoms with E-state index in [-0.39, 0.29) is 5.54 Å². The first-order chi connectivity index (χ1) is 5.54. The molecular weight excluding hydrogens is 168 g/mol. The lowest BCUT2D eigenvalue weighted by molar-refractivity contribution is -0.305. The fourth-order valence-electron chi connectivity index (χ4n) is 1.92. The van der Waals surface area contributed by atoms with Gasteiger partial charge in [0.15, 0.2) is 0 Å². The van der Waals surface area contributed by atoms with Crippen LogP contribution < -0.4 is 5.11 Å². The molecule has 1 atom stereocenters. The maximum atomic E-state index is 10.7. The van der Waals surface area contributed by atoms with E-state index in [0.717, 1.165) is 18.1 Å². The van der Waals surface area contributed by atoms with Crippen molar-refractivity contribution in [1.29, 1.82) is 0 Å². The highest BCUT2D eigenvalue weighted by Gasteiger charge is 2.33. The van der Waals surface area contributed by atoms with Gasteiger partial charge in [0.1, 0.15) is 0 Å². The largest absolute Gasteiger partial charge is 0.550 e. The van der Waals surface area contributed by atoms with Crippen LogP contribution in [0.1, 0.15) is 27.7 Å². The summed E-state index contributed by atoms with van der Waals surface area (Å²) in [6.45, 7) is 8.15. The van der Waals surface area contributed by atoms with E-state index in [9.17, 15) is 9.90 Å². The zero-order valence-corrected chi connectivity index (χ0v) is 9.52. The van der Waals surface area contributed by atoms with Gasteiger partial charge in [0, 0.05) is 5.97 Å². The van der Waals surface area contributed by atoms with Crippen molar-refractivity contribution in [2.45, 2.75) is 51.4 Å². The fraction of sp³-hybridized carbons (Fsp3) is 0.889. The fourth-order valence-corrected chi connectivity index (χ4v) is 5.76. The summed E-state index contributed by atoms with van der Waals surface area (Å²) in [6.07, 6.45) is 0. The van der Waals surface area contributed by atoms with Crippen molar-refractivity contribution < 1.29 is 9.90 Å². The number of carbonyl (C=O) groups is 1. The van der Waals surface area contributed by atoms with Crippen molar-refractivity contribution in [2.24, 2.45) is 0 Å². The van der Waals surface area contributed by atoms with Gasteiger partial charge in [-0.05, 0) is 5.54 Å². The second-order valence-corrected chi connectivity index (χ2v) is 9.18. The summed E-state index contributed by atoms with van der Waals surface area (Å²) in [7, 11) is -1.55. The molecule has 72 valence electrons. The zero-order chi connectivity index (χ0) is 9.78. The van der Waals surface area contributed by atoms with Gasteiger partial charge in [-0.3, -0.25) is 0 Å². The maximum absolute atomic E-state index is 10.7. The third kappa shape index (κ3) is 2.09. The monoisotopic (exact) mass is 187 g/mol. The molecule has 2 nitrogen and oxygen atoms in total.